The van der Waals surface area contributed by atoms with Crippen molar-refractivity contribution < 1.29 is 33.7 Å². The third kappa shape index (κ3) is 12.4. The van der Waals surface area contributed by atoms with Gasteiger partial charge in [-0.2, -0.15) is 0 Å². The fourth-order valence-electron chi connectivity index (χ4n) is 3.85. The zero-order valence-corrected chi connectivity index (χ0v) is 22.7. The number of aliphatic carboxylic acids is 2. The highest BCUT2D eigenvalue weighted by atomic mass is 19.1. The standard InChI is InChI=1S/C25H34FN3O2.C4H4O4/c1-19(2)18-31-24-10-6-20(7-11-24)16-27-25(30)29(23-12-14-28(3)15-13-23)17-21-4-8-22(26)9-5-21;5-3(6)1-2-4(7)8/h4-11,19,23H,12-18H2,1-3H3,(H,27,30);1-2H,(H,5,6)(H,7,8)/b;2-1+. The Hall–Kier alpha value is -3.92. The van der Waals surface area contributed by atoms with Crippen LogP contribution in [0.5, 0.6) is 5.75 Å². The molecule has 0 bridgehead atoms. The molecule has 0 aromatic heterocycles. The van der Waals surface area contributed by atoms with Crippen molar-refractivity contribution >= 4 is 18.0 Å². The maximum atomic E-state index is 13.3. The molecule has 0 saturated carbocycles. The smallest absolute Gasteiger partial charge is 0.328 e. The number of hydrogen-bond donors (Lipinski definition) is 3. The number of carbonyl (C=O) groups is 3. The SMILES string of the molecule is CC(C)COc1ccc(CNC(=O)N(Cc2ccc(F)cc2)C2CCN(C)CC2)cc1.O=C(O)/C=C/C(=O)O. The fourth-order valence-corrected chi connectivity index (χ4v) is 3.85. The third-order valence-electron chi connectivity index (χ3n) is 5.97. The highest BCUT2D eigenvalue weighted by molar-refractivity contribution is 5.89. The van der Waals surface area contributed by atoms with E-state index in [1.807, 2.05) is 29.2 Å². The number of rotatable bonds is 10. The molecule has 212 valence electrons. The van der Waals surface area contributed by atoms with E-state index in [4.69, 9.17) is 14.9 Å². The van der Waals surface area contributed by atoms with E-state index in [-0.39, 0.29) is 17.9 Å². The lowest BCUT2D eigenvalue weighted by Gasteiger charge is -2.37. The number of nitrogens with zero attached hydrogens (tertiary/aromatic N) is 2. The summed E-state index contributed by atoms with van der Waals surface area (Å²) < 4.78 is 19.0. The number of carboxylic acid groups (broad SMARTS) is 2. The van der Waals surface area contributed by atoms with Crippen molar-refractivity contribution in [2.24, 2.45) is 5.92 Å². The maximum Gasteiger partial charge on any atom is 0.328 e. The molecule has 1 aliphatic heterocycles. The average Bonchev–Trinajstić information content (AvgIpc) is 2.90. The van der Waals surface area contributed by atoms with Crippen molar-refractivity contribution in [1.29, 1.82) is 0 Å². The van der Waals surface area contributed by atoms with Crippen molar-refractivity contribution in [3.63, 3.8) is 0 Å². The van der Waals surface area contributed by atoms with Gasteiger partial charge in [0.1, 0.15) is 11.6 Å². The summed E-state index contributed by atoms with van der Waals surface area (Å²) in [6, 6.07) is 14.3. The monoisotopic (exact) mass is 543 g/mol. The summed E-state index contributed by atoms with van der Waals surface area (Å²) >= 11 is 0. The minimum Gasteiger partial charge on any atom is -0.493 e. The van der Waals surface area contributed by atoms with Crippen LogP contribution in [-0.4, -0.2) is 70.8 Å². The van der Waals surface area contributed by atoms with E-state index in [1.165, 1.54) is 12.1 Å². The highest BCUT2D eigenvalue weighted by Gasteiger charge is 2.27. The van der Waals surface area contributed by atoms with Gasteiger partial charge in [0.2, 0.25) is 0 Å². The molecule has 2 amide bonds. The Kier molecular flexibility index (Phi) is 12.9. The van der Waals surface area contributed by atoms with Crippen LogP contribution < -0.4 is 10.1 Å². The summed E-state index contributed by atoms with van der Waals surface area (Å²) in [4.78, 5) is 36.4. The van der Waals surface area contributed by atoms with E-state index in [2.05, 4.69) is 31.1 Å². The van der Waals surface area contributed by atoms with Crippen molar-refractivity contribution in [2.75, 3.05) is 26.7 Å². The Morgan fingerprint density at radius 3 is 2.05 bits per heavy atom. The van der Waals surface area contributed by atoms with Gasteiger partial charge in [0, 0.05) is 31.3 Å². The van der Waals surface area contributed by atoms with Gasteiger partial charge in [0.05, 0.1) is 6.61 Å². The number of likely N-dealkylation sites (tertiary alicyclic amines) is 1. The lowest BCUT2D eigenvalue weighted by Crippen LogP contribution is -2.49. The van der Waals surface area contributed by atoms with Crippen molar-refractivity contribution in [2.45, 2.75) is 45.8 Å². The number of amides is 2. The molecule has 1 saturated heterocycles. The Morgan fingerprint density at radius 2 is 1.54 bits per heavy atom. The Labute approximate surface area is 228 Å². The first kappa shape index (κ1) is 31.3. The largest absolute Gasteiger partial charge is 0.493 e. The molecule has 1 heterocycles. The Morgan fingerprint density at radius 1 is 1.00 bits per heavy atom. The molecule has 0 atom stereocenters. The van der Waals surface area contributed by atoms with Crippen LogP contribution in [-0.2, 0) is 22.7 Å². The van der Waals surface area contributed by atoms with E-state index in [9.17, 15) is 18.8 Å². The van der Waals surface area contributed by atoms with Crippen LogP contribution in [0.3, 0.4) is 0 Å². The first-order chi connectivity index (χ1) is 18.5. The average molecular weight is 544 g/mol. The summed E-state index contributed by atoms with van der Waals surface area (Å²) in [7, 11) is 2.11. The molecule has 1 fully saturated rings. The molecule has 2 aromatic carbocycles. The normalized spacial score (nSPS) is 14.0. The quantitative estimate of drug-likeness (QED) is 0.381. The molecule has 9 nitrogen and oxygen atoms in total. The van der Waals surface area contributed by atoms with Crippen LogP contribution in [0.15, 0.2) is 60.7 Å². The predicted molar refractivity (Wildman–Crippen MR) is 146 cm³/mol. The zero-order valence-electron chi connectivity index (χ0n) is 22.7. The van der Waals surface area contributed by atoms with Gasteiger partial charge >= 0.3 is 18.0 Å². The van der Waals surface area contributed by atoms with E-state index >= 15 is 0 Å². The minimum atomic E-state index is -1.26. The van der Waals surface area contributed by atoms with Gasteiger partial charge in [-0.3, -0.25) is 0 Å². The molecule has 1 aliphatic rings. The van der Waals surface area contributed by atoms with Gasteiger partial charge < -0.3 is 30.1 Å². The van der Waals surface area contributed by atoms with Gasteiger partial charge in [-0.25, -0.2) is 18.8 Å². The maximum absolute atomic E-state index is 13.3. The van der Waals surface area contributed by atoms with E-state index in [0.29, 0.717) is 37.8 Å². The molecule has 0 unspecified atom stereocenters. The van der Waals surface area contributed by atoms with Crippen molar-refractivity contribution in [1.82, 2.24) is 15.1 Å². The number of urea groups is 1. The summed E-state index contributed by atoms with van der Waals surface area (Å²) in [5.74, 6) is -1.46. The number of carboxylic acids is 2. The molecule has 0 aliphatic carbocycles. The van der Waals surface area contributed by atoms with E-state index in [0.717, 1.165) is 42.8 Å². The molecule has 2 aromatic rings. The Bertz CT molecular complexity index is 1070. The fraction of sp³-hybridized carbons (Fsp3) is 0.414. The van der Waals surface area contributed by atoms with Gasteiger partial charge in [-0.05, 0) is 74.3 Å². The summed E-state index contributed by atoms with van der Waals surface area (Å²) in [6.45, 7) is 7.78. The molecule has 0 spiro atoms. The second-order valence-corrected chi connectivity index (χ2v) is 9.81. The lowest BCUT2D eigenvalue weighted by atomic mass is 10.0. The van der Waals surface area contributed by atoms with Crippen LogP contribution >= 0.6 is 0 Å². The van der Waals surface area contributed by atoms with E-state index in [1.54, 1.807) is 12.1 Å². The third-order valence-corrected chi connectivity index (χ3v) is 5.97. The minimum absolute atomic E-state index is 0.0842. The van der Waals surface area contributed by atoms with E-state index < -0.39 is 11.9 Å². The number of hydrogen-bond acceptors (Lipinski definition) is 5. The summed E-state index contributed by atoms with van der Waals surface area (Å²) in [6.07, 6.45) is 2.99. The van der Waals surface area contributed by atoms with Gasteiger partial charge in [0.25, 0.3) is 0 Å². The van der Waals surface area contributed by atoms with Crippen LogP contribution in [0.1, 0.15) is 37.8 Å². The van der Waals surface area contributed by atoms with Gasteiger partial charge in [0.15, 0.2) is 0 Å². The molecule has 0 radical (unpaired) electrons. The second kappa shape index (κ2) is 16.1. The van der Waals surface area contributed by atoms with Crippen LogP contribution in [0.4, 0.5) is 9.18 Å². The number of ether oxygens (including phenoxy) is 1. The first-order valence-electron chi connectivity index (χ1n) is 12.9. The molecule has 3 N–H and O–H groups in total. The molecular weight excluding hydrogens is 505 g/mol. The summed E-state index contributed by atoms with van der Waals surface area (Å²) in [5.41, 5.74) is 1.96. The lowest BCUT2D eigenvalue weighted by molar-refractivity contribution is -0.134. The van der Waals surface area contributed by atoms with Crippen molar-refractivity contribution in [3.8, 4) is 5.75 Å². The van der Waals surface area contributed by atoms with Crippen LogP contribution in [0, 0.1) is 11.7 Å². The summed E-state index contributed by atoms with van der Waals surface area (Å²) in [5, 5.41) is 18.7. The van der Waals surface area contributed by atoms with Crippen LogP contribution in [0.2, 0.25) is 0 Å². The number of nitrogens with one attached hydrogen (secondary N) is 1. The molecule has 10 heteroatoms. The van der Waals surface area contributed by atoms with Gasteiger partial charge in [-0.1, -0.05) is 38.1 Å². The topological polar surface area (TPSA) is 119 Å². The second-order valence-electron chi connectivity index (χ2n) is 9.81. The number of piperidine rings is 1. The Balaban J connectivity index is 0.000000580. The highest BCUT2D eigenvalue weighted by Crippen LogP contribution is 2.19. The molecule has 39 heavy (non-hydrogen) atoms. The number of benzene rings is 2. The molecule has 3 rings (SSSR count). The predicted octanol–water partition coefficient (Wildman–Crippen LogP) is 4.38. The first-order valence-corrected chi connectivity index (χ1v) is 12.9. The zero-order chi connectivity index (χ0) is 28.8. The number of carbonyl (C=O) groups excluding carboxylic acids is 1. The molecular formula is C29H38FN3O6. The van der Waals surface area contributed by atoms with Crippen LogP contribution in [0.25, 0.3) is 0 Å². The van der Waals surface area contributed by atoms with Gasteiger partial charge in [-0.15, -0.1) is 0 Å². The number of halogens is 1. The van der Waals surface area contributed by atoms with Crippen molar-refractivity contribution in [3.05, 3.63) is 77.6 Å².